The van der Waals surface area contributed by atoms with Crippen molar-refractivity contribution < 1.29 is 23.5 Å². The fourth-order valence-corrected chi connectivity index (χ4v) is 2.58. The molecule has 130 valence electrons. The molecule has 2 amide bonds. The predicted molar refractivity (Wildman–Crippen MR) is 89.2 cm³/mol. The first-order valence-corrected chi connectivity index (χ1v) is 8.08. The molecule has 2 N–H and O–H groups in total. The van der Waals surface area contributed by atoms with Gasteiger partial charge < -0.3 is 19.8 Å². The minimum Gasteiger partial charge on any atom is -0.459 e. The third kappa shape index (κ3) is 4.06. The van der Waals surface area contributed by atoms with Crippen LogP contribution in [0, 0.1) is 0 Å². The van der Waals surface area contributed by atoms with E-state index in [2.05, 4.69) is 10.6 Å². The Labute approximate surface area is 144 Å². The maximum atomic E-state index is 12.5. The summed E-state index contributed by atoms with van der Waals surface area (Å²) in [6.07, 6.45) is 2.71. The van der Waals surface area contributed by atoms with Gasteiger partial charge in [-0.3, -0.25) is 9.59 Å². The van der Waals surface area contributed by atoms with Gasteiger partial charge in [0.05, 0.1) is 17.5 Å². The number of ether oxygens (including phenoxy) is 1. The Morgan fingerprint density at radius 3 is 2.80 bits per heavy atom. The van der Waals surface area contributed by atoms with E-state index in [1.54, 1.807) is 24.3 Å². The topological polar surface area (TPSA) is 97.6 Å². The Morgan fingerprint density at radius 2 is 2.00 bits per heavy atom. The number of hydrogen-bond donors (Lipinski definition) is 2. The van der Waals surface area contributed by atoms with E-state index in [4.69, 9.17) is 9.15 Å². The Morgan fingerprint density at radius 1 is 1.16 bits per heavy atom. The van der Waals surface area contributed by atoms with Crippen molar-refractivity contribution in [1.29, 1.82) is 0 Å². The fourth-order valence-electron chi connectivity index (χ4n) is 2.58. The van der Waals surface area contributed by atoms with Crippen molar-refractivity contribution in [2.45, 2.75) is 25.4 Å². The first kappa shape index (κ1) is 16.8. The molecule has 3 rings (SSSR count). The average molecular weight is 342 g/mol. The second-order valence-corrected chi connectivity index (χ2v) is 5.66. The molecule has 0 radical (unpaired) electrons. The van der Waals surface area contributed by atoms with Gasteiger partial charge in [0.25, 0.3) is 11.8 Å². The van der Waals surface area contributed by atoms with Crippen LogP contribution in [0.3, 0.4) is 0 Å². The summed E-state index contributed by atoms with van der Waals surface area (Å²) in [4.78, 5) is 36.5. The van der Waals surface area contributed by atoms with Crippen LogP contribution in [0.2, 0.25) is 0 Å². The van der Waals surface area contributed by atoms with E-state index in [0.717, 1.165) is 12.8 Å². The Hall–Kier alpha value is -3.09. The van der Waals surface area contributed by atoms with Crippen LogP contribution in [-0.4, -0.2) is 30.4 Å². The molecule has 7 nitrogen and oxygen atoms in total. The molecule has 2 heterocycles. The first-order chi connectivity index (χ1) is 12.1. The molecule has 25 heavy (non-hydrogen) atoms. The number of nitrogens with one attached hydrogen (secondary N) is 2. The van der Waals surface area contributed by atoms with Gasteiger partial charge in [0, 0.05) is 6.54 Å². The van der Waals surface area contributed by atoms with Crippen LogP contribution in [0.15, 0.2) is 47.1 Å². The third-order valence-electron chi connectivity index (χ3n) is 3.87. The smallest absolute Gasteiger partial charge is 0.341 e. The molecule has 1 aromatic carbocycles. The minimum absolute atomic E-state index is 0.131. The van der Waals surface area contributed by atoms with Crippen LogP contribution < -0.4 is 10.6 Å². The summed E-state index contributed by atoms with van der Waals surface area (Å²) in [5.41, 5.74) is 0.474. The van der Waals surface area contributed by atoms with Gasteiger partial charge in [0.15, 0.2) is 11.9 Å². The van der Waals surface area contributed by atoms with Gasteiger partial charge in [-0.1, -0.05) is 12.1 Å². The van der Waals surface area contributed by atoms with E-state index in [0.29, 0.717) is 18.7 Å². The lowest BCUT2D eigenvalue weighted by molar-refractivity contribution is -0.129. The molecule has 1 aromatic heterocycles. The molecule has 0 saturated carbocycles. The van der Waals surface area contributed by atoms with E-state index in [9.17, 15) is 14.4 Å². The molecular formula is C18H18N2O5. The molecule has 1 atom stereocenters. The molecule has 1 aliphatic heterocycles. The highest BCUT2D eigenvalue weighted by molar-refractivity contribution is 6.07. The number of para-hydroxylation sites is 1. The van der Waals surface area contributed by atoms with Gasteiger partial charge >= 0.3 is 5.97 Å². The minimum atomic E-state index is -0.816. The lowest BCUT2D eigenvalue weighted by Gasteiger charge is -2.16. The second kappa shape index (κ2) is 7.65. The van der Waals surface area contributed by atoms with E-state index in [1.165, 1.54) is 18.4 Å². The number of esters is 1. The number of amides is 2. The first-order valence-electron chi connectivity index (χ1n) is 8.08. The molecular weight excluding hydrogens is 324 g/mol. The van der Waals surface area contributed by atoms with E-state index < -0.39 is 18.0 Å². The summed E-state index contributed by atoms with van der Waals surface area (Å²) in [5, 5.41) is 5.34. The molecule has 1 fully saturated rings. The zero-order chi connectivity index (χ0) is 17.6. The van der Waals surface area contributed by atoms with Crippen molar-refractivity contribution in [1.82, 2.24) is 5.32 Å². The average Bonchev–Trinajstić information content (AvgIpc) is 3.08. The summed E-state index contributed by atoms with van der Waals surface area (Å²) in [7, 11) is 0. The summed E-state index contributed by atoms with van der Waals surface area (Å²) in [5.74, 6) is -1.29. The van der Waals surface area contributed by atoms with Crippen LogP contribution in [0.1, 0.15) is 40.2 Å². The predicted octanol–water partition coefficient (Wildman–Crippen LogP) is 2.36. The number of carbonyl (C=O) groups excluding carboxylic acids is 3. The van der Waals surface area contributed by atoms with Crippen molar-refractivity contribution in [3.63, 3.8) is 0 Å². The second-order valence-electron chi connectivity index (χ2n) is 5.66. The Balaban J connectivity index is 1.74. The van der Waals surface area contributed by atoms with Gasteiger partial charge in [-0.25, -0.2) is 4.79 Å². The SMILES string of the molecule is O=C(Nc1ccccc1C(=O)O[C@@H]1CCCCNC1=O)c1ccco1. The van der Waals surface area contributed by atoms with Crippen molar-refractivity contribution in [3.05, 3.63) is 54.0 Å². The molecule has 1 saturated heterocycles. The highest BCUT2D eigenvalue weighted by Gasteiger charge is 2.26. The highest BCUT2D eigenvalue weighted by Crippen LogP contribution is 2.20. The number of hydrogen-bond acceptors (Lipinski definition) is 5. The Bertz CT molecular complexity index is 770. The maximum Gasteiger partial charge on any atom is 0.341 e. The van der Waals surface area contributed by atoms with Crippen LogP contribution in [-0.2, 0) is 9.53 Å². The van der Waals surface area contributed by atoms with E-state index >= 15 is 0 Å². The number of benzene rings is 1. The quantitative estimate of drug-likeness (QED) is 0.831. The fraction of sp³-hybridized carbons (Fsp3) is 0.278. The normalized spacial score (nSPS) is 17.3. The molecule has 2 aromatic rings. The summed E-state index contributed by atoms with van der Waals surface area (Å²) >= 11 is 0. The molecule has 0 bridgehead atoms. The maximum absolute atomic E-state index is 12.5. The zero-order valence-corrected chi connectivity index (χ0v) is 13.5. The monoisotopic (exact) mass is 342 g/mol. The third-order valence-corrected chi connectivity index (χ3v) is 3.87. The van der Waals surface area contributed by atoms with Gasteiger partial charge in [-0.2, -0.15) is 0 Å². The molecule has 7 heteroatoms. The van der Waals surface area contributed by atoms with Crippen molar-refractivity contribution in [2.24, 2.45) is 0 Å². The molecule has 1 aliphatic rings. The van der Waals surface area contributed by atoms with Crippen LogP contribution in [0.25, 0.3) is 0 Å². The van der Waals surface area contributed by atoms with Crippen LogP contribution in [0.5, 0.6) is 0 Å². The van der Waals surface area contributed by atoms with Gasteiger partial charge in [-0.15, -0.1) is 0 Å². The Kier molecular flexibility index (Phi) is 5.13. The van der Waals surface area contributed by atoms with Crippen molar-refractivity contribution in [3.8, 4) is 0 Å². The van der Waals surface area contributed by atoms with E-state index in [-0.39, 0.29) is 17.2 Å². The van der Waals surface area contributed by atoms with Crippen molar-refractivity contribution >= 4 is 23.5 Å². The number of furan rings is 1. The lowest BCUT2D eigenvalue weighted by atomic mass is 10.1. The molecule has 0 spiro atoms. The number of anilines is 1. The van der Waals surface area contributed by atoms with Gasteiger partial charge in [-0.05, 0) is 43.5 Å². The van der Waals surface area contributed by atoms with Gasteiger partial charge in [0.2, 0.25) is 0 Å². The van der Waals surface area contributed by atoms with E-state index in [1.807, 2.05) is 0 Å². The highest BCUT2D eigenvalue weighted by atomic mass is 16.5. The number of rotatable bonds is 4. The van der Waals surface area contributed by atoms with Crippen molar-refractivity contribution in [2.75, 3.05) is 11.9 Å². The van der Waals surface area contributed by atoms with Crippen LogP contribution in [0.4, 0.5) is 5.69 Å². The standard InChI is InChI=1S/C18H18N2O5/c21-16-15(8-3-4-10-19-16)25-18(23)12-6-1-2-7-13(12)20-17(22)14-9-5-11-24-14/h1-2,5-7,9,11,15H,3-4,8,10H2,(H,19,21)(H,20,22)/t15-/m1/s1. The van der Waals surface area contributed by atoms with Gasteiger partial charge in [0.1, 0.15) is 0 Å². The number of carbonyl (C=O) groups is 3. The summed E-state index contributed by atoms with van der Waals surface area (Å²) in [6.45, 7) is 0.586. The molecule has 0 unspecified atom stereocenters. The van der Waals surface area contributed by atoms with Crippen LogP contribution >= 0.6 is 0 Å². The molecule has 0 aliphatic carbocycles. The zero-order valence-electron chi connectivity index (χ0n) is 13.5. The lowest BCUT2D eigenvalue weighted by Crippen LogP contribution is -2.36. The largest absolute Gasteiger partial charge is 0.459 e. The summed E-state index contributed by atoms with van der Waals surface area (Å²) < 4.78 is 10.4. The summed E-state index contributed by atoms with van der Waals surface area (Å²) in [6, 6.07) is 9.59.